The molecule has 0 aliphatic heterocycles. The van der Waals surface area contributed by atoms with Crippen LogP contribution in [-0.4, -0.2) is 25.4 Å². The summed E-state index contributed by atoms with van der Waals surface area (Å²) in [5.41, 5.74) is 13.6. The molecule has 0 bridgehead atoms. The van der Waals surface area contributed by atoms with Gasteiger partial charge >= 0.3 is 18.3 Å². The van der Waals surface area contributed by atoms with Crippen LogP contribution in [-0.2, 0) is 15.6 Å². The van der Waals surface area contributed by atoms with Crippen LogP contribution in [0.1, 0.15) is 42.4 Å². The minimum atomic E-state index is -4.28. The number of esters is 1. The van der Waals surface area contributed by atoms with Crippen molar-refractivity contribution < 1.29 is 41.0 Å². The second-order valence-corrected chi connectivity index (χ2v) is 9.03. The van der Waals surface area contributed by atoms with E-state index in [1.807, 2.05) is 6.92 Å². The minimum absolute atomic E-state index is 0.102. The van der Waals surface area contributed by atoms with Gasteiger partial charge in [-0.2, -0.15) is 22.0 Å². The SMILES string of the molecule is CC(COC(=O)C=Cc1ccc(OC(F)(F)c2ccc(OCCCC(F)(F)F)cc2)cc1)c1ccc(N)cc1N. The highest BCUT2D eigenvalue weighted by Crippen LogP contribution is 2.33. The summed E-state index contributed by atoms with van der Waals surface area (Å²) in [6.07, 6.45) is -6.50. The lowest BCUT2D eigenvalue weighted by Crippen LogP contribution is -2.21. The van der Waals surface area contributed by atoms with Crippen LogP contribution in [0, 0.1) is 0 Å². The summed E-state index contributed by atoms with van der Waals surface area (Å²) in [4.78, 5) is 12.1. The smallest absolute Gasteiger partial charge is 0.426 e. The second-order valence-electron chi connectivity index (χ2n) is 9.03. The molecule has 0 radical (unpaired) electrons. The number of nitrogens with two attached hydrogens (primary N) is 2. The number of anilines is 2. The molecule has 0 aliphatic rings. The van der Waals surface area contributed by atoms with E-state index in [0.717, 1.165) is 17.7 Å². The number of carbonyl (C=O) groups is 1. The minimum Gasteiger partial charge on any atom is -0.494 e. The van der Waals surface area contributed by atoms with Crippen molar-refractivity contribution >= 4 is 23.4 Å². The summed E-state index contributed by atoms with van der Waals surface area (Å²) >= 11 is 0. The molecule has 3 aromatic carbocycles. The molecule has 40 heavy (non-hydrogen) atoms. The quantitative estimate of drug-likeness (QED) is 0.0804. The third-order valence-electron chi connectivity index (χ3n) is 5.72. The predicted molar refractivity (Wildman–Crippen MR) is 142 cm³/mol. The highest BCUT2D eigenvalue weighted by atomic mass is 19.4. The second kappa shape index (κ2) is 13.2. The number of alkyl halides is 5. The van der Waals surface area contributed by atoms with Gasteiger partial charge in [-0.3, -0.25) is 0 Å². The zero-order valence-electron chi connectivity index (χ0n) is 21.6. The molecular weight excluding hydrogens is 535 g/mol. The van der Waals surface area contributed by atoms with Crippen molar-refractivity contribution in [3.8, 4) is 11.5 Å². The third-order valence-corrected chi connectivity index (χ3v) is 5.72. The molecule has 3 aromatic rings. The molecule has 0 saturated heterocycles. The van der Waals surface area contributed by atoms with Gasteiger partial charge in [0.25, 0.3) is 0 Å². The Kier molecular flexibility index (Phi) is 9.98. The van der Waals surface area contributed by atoms with Crippen LogP contribution in [0.15, 0.2) is 72.8 Å². The van der Waals surface area contributed by atoms with Crippen LogP contribution >= 0.6 is 0 Å². The van der Waals surface area contributed by atoms with Crippen molar-refractivity contribution in [2.24, 2.45) is 0 Å². The normalized spacial score (nSPS) is 12.8. The van der Waals surface area contributed by atoms with Gasteiger partial charge in [0.15, 0.2) is 0 Å². The van der Waals surface area contributed by atoms with E-state index in [-0.39, 0.29) is 37.1 Å². The van der Waals surface area contributed by atoms with Crippen LogP contribution in [0.4, 0.5) is 33.3 Å². The zero-order chi connectivity index (χ0) is 29.3. The maximum Gasteiger partial charge on any atom is 0.426 e. The van der Waals surface area contributed by atoms with Crippen LogP contribution in [0.5, 0.6) is 11.5 Å². The summed E-state index contributed by atoms with van der Waals surface area (Å²) in [6, 6.07) is 15.4. The Bertz CT molecular complexity index is 1290. The summed E-state index contributed by atoms with van der Waals surface area (Å²) in [6.45, 7) is 1.77. The summed E-state index contributed by atoms with van der Waals surface area (Å²) in [5, 5.41) is 0. The van der Waals surface area contributed by atoms with Gasteiger partial charge in [0.05, 0.1) is 18.8 Å². The summed E-state index contributed by atoms with van der Waals surface area (Å²) < 4.78 is 81.0. The number of ether oxygens (including phenoxy) is 3. The van der Waals surface area contributed by atoms with E-state index < -0.39 is 30.2 Å². The van der Waals surface area contributed by atoms with Gasteiger partial charge < -0.3 is 25.7 Å². The molecule has 1 unspecified atom stereocenters. The van der Waals surface area contributed by atoms with Gasteiger partial charge in [-0.1, -0.05) is 25.1 Å². The number of benzene rings is 3. The van der Waals surface area contributed by atoms with Crippen LogP contribution in [0.3, 0.4) is 0 Å². The Morgan fingerprint density at radius 3 is 2.20 bits per heavy atom. The van der Waals surface area contributed by atoms with Crippen molar-refractivity contribution in [1.29, 1.82) is 0 Å². The number of hydrogen-bond donors (Lipinski definition) is 2. The lowest BCUT2D eigenvalue weighted by molar-refractivity contribution is -0.185. The maximum atomic E-state index is 14.6. The van der Waals surface area contributed by atoms with E-state index >= 15 is 0 Å². The number of rotatable bonds is 12. The summed E-state index contributed by atoms with van der Waals surface area (Å²) in [5.74, 6) is -0.684. The number of halogens is 5. The van der Waals surface area contributed by atoms with Crippen molar-refractivity contribution in [3.05, 3.63) is 89.5 Å². The van der Waals surface area contributed by atoms with Crippen molar-refractivity contribution in [2.45, 2.75) is 38.0 Å². The summed E-state index contributed by atoms with van der Waals surface area (Å²) in [7, 11) is 0. The van der Waals surface area contributed by atoms with Crippen LogP contribution in [0.2, 0.25) is 0 Å². The number of carbonyl (C=O) groups excluding carboxylic acids is 1. The van der Waals surface area contributed by atoms with Crippen molar-refractivity contribution in [1.82, 2.24) is 0 Å². The standard InChI is InChI=1S/C29H29F5N2O4/c1-19(25-13-8-22(35)17-26(25)36)18-39-27(37)14-5-20-3-9-24(10-4-20)40-29(33,34)21-6-11-23(12-7-21)38-16-2-15-28(30,31)32/h3-14,17,19H,2,15-16,18,35-36H2,1H3. The van der Waals surface area contributed by atoms with E-state index in [1.54, 1.807) is 18.2 Å². The average molecular weight is 565 g/mol. The van der Waals surface area contributed by atoms with Gasteiger partial charge in [-0.05, 0) is 72.2 Å². The van der Waals surface area contributed by atoms with E-state index in [2.05, 4.69) is 0 Å². The highest BCUT2D eigenvalue weighted by molar-refractivity contribution is 5.87. The monoisotopic (exact) mass is 564 g/mol. The fourth-order valence-electron chi connectivity index (χ4n) is 3.61. The maximum absolute atomic E-state index is 14.6. The Morgan fingerprint density at radius 1 is 0.925 bits per heavy atom. The fraction of sp³-hybridized carbons (Fsp3) is 0.276. The van der Waals surface area contributed by atoms with E-state index in [0.29, 0.717) is 16.9 Å². The predicted octanol–water partition coefficient (Wildman–Crippen LogP) is 7.06. The molecule has 6 nitrogen and oxygen atoms in total. The zero-order valence-corrected chi connectivity index (χ0v) is 21.6. The van der Waals surface area contributed by atoms with E-state index in [1.165, 1.54) is 48.6 Å². The Balaban J connectivity index is 1.48. The first kappa shape index (κ1) is 30.3. The van der Waals surface area contributed by atoms with E-state index in [4.69, 9.17) is 25.7 Å². The molecule has 11 heteroatoms. The van der Waals surface area contributed by atoms with Crippen LogP contribution in [0.25, 0.3) is 6.08 Å². The molecule has 214 valence electrons. The van der Waals surface area contributed by atoms with Gasteiger partial charge in [-0.25, -0.2) is 4.79 Å². The van der Waals surface area contributed by atoms with Crippen molar-refractivity contribution in [3.63, 3.8) is 0 Å². The molecular formula is C29H29F5N2O4. The average Bonchev–Trinajstić information content (AvgIpc) is 2.89. The molecule has 0 saturated carbocycles. The molecule has 0 fully saturated rings. The van der Waals surface area contributed by atoms with E-state index in [9.17, 15) is 26.7 Å². The Morgan fingerprint density at radius 2 is 1.57 bits per heavy atom. The third kappa shape index (κ3) is 9.48. The topological polar surface area (TPSA) is 96.8 Å². The molecule has 3 rings (SSSR count). The number of hydrogen-bond acceptors (Lipinski definition) is 6. The van der Waals surface area contributed by atoms with Crippen molar-refractivity contribution in [2.75, 3.05) is 24.7 Å². The molecule has 0 aliphatic carbocycles. The van der Waals surface area contributed by atoms with Gasteiger partial charge in [0.2, 0.25) is 0 Å². The molecule has 4 N–H and O–H groups in total. The van der Waals surface area contributed by atoms with Gasteiger partial charge in [-0.15, -0.1) is 0 Å². The Labute approximate surface area is 228 Å². The Hall–Kier alpha value is -4.28. The molecule has 1 atom stereocenters. The first-order valence-corrected chi connectivity index (χ1v) is 12.3. The molecule has 0 aromatic heterocycles. The molecule has 0 heterocycles. The number of nitrogen functional groups attached to an aromatic ring is 2. The first-order chi connectivity index (χ1) is 18.8. The van der Waals surface area contributed by atoms with Crippen LogP contribution < -0.4 is 20.9 Å². The van der Waals surface area contributed by atoms with Gasteiger partial charge in [0, 0.05) is 29.8 Å². The highest BCUT2D eigenvalue weighted by Gasteiger charge is 2.34. The molecule has 0 spiro atoms. The molecule has 0 amide bonds. The fourth-order valence-corrected chi connectivity index (χ4v) is 3.61. The largest absolute Gasteiger partial charge is 0.494 e. The first-order valence-electron chi connectivity index (χ1n) is 12.3. The lowest BCUT2D eigenvalue weighted by Gasteiger charge is -2.18. The lowest BCUT2D eigenvalue weighted by atomic mass is 10.00. The van der Waals surface area contributed by atoms with Gasteiger partial charge in [0.1, 0.15) is 11.5 Å².